The summed E-state index contributed by atoms with van der Waals surface area (Å²) in [6.07, 6.45) is 2.33. The Kier molecular flexibility index (Phi) is 3.27. The summed E-state index contributed by atoms with van der Waals surface area (Å²) in [6, 6.07) is 7.40. The summed E-state index contributed by atoms with van der Waals surface area (Å²) < 4.78 is 1.54. The third-order valence-electron chi connectivity index (χ3n) is 4.11. The molecule has 0 saturated carbocycles. The Morgan fingerprint density at radius 1 is 1.35 bits per heavy atom. The van der Waals surface area contributed by atoms with E-state index >= 15 is 0 Å². The fourth-order valence-corrected chi connectivity index (χ4v) is 3.79. The molecular weight excluding hydrogens is 310 g/mol. The lowest BCUT2D eigenvalue weighted by molar-refractivity contribution is 0.0737. The van der Waals surface area contributed by atoms with Gasteiger partial charge >= 0.3 is 0 Å². The zero-order valence-electron chi connectivity index (χ0n) is 12.7. The predicted octanol–water partition coefficient (Wildman–Crippen LogP) is 2.26. The molecule has 0 N–H and O–H groups in total. The van der Waals surface area contributed by atoms with Crippen LogP contribution < -0.4 is 5.56 Å². The minimum atomic E-state index is -0.0783. The highest BCUT2D eigenvalue weighted by atomic mass is 32.1. The first kappa shape index (κ1) is 14.1. The van der Waals surface area contributed by atoms with Gasteiger partial charge in [-0.05, 0) is 36.1 Å². The Hall–Kier alpha value is -2.47. The summed E-state index contributed by atoms with van der Waals surface area (Å²) >= 11 is 1.45. The van der Waals surface area contributed by atoms with Crippen LogP contribution in [0.2, 0.25) is 0 Å². The van der Waals surface area contributed by atoms with Crippen LogP contribution in [0.1, 0.15) is 26.5 Å². The topological polar surface area (TPSA) is 54.7 Å². The van der Waals surface area contributed by atoms with E-state index in [4.69, 9.17) is 0 Å². The normalized spacial score (nSPS) is 14.0. The molecule has 6 heteroatoms. The number of carbonyl (C=O) groups excluding carboxylic acids is 1. The van der Waals surface area contributed by atoms with Crippen molar-refractivity contribution >= 4 is 22.9 Å². The van der Waals surface area contributed by atoms with Gasteiger partial charge in [-0.25, -0.2) is 4.98 Å². The quantitative estimate of drug-likeness (QED) is 0.690. The molecule has 1 amide bonds. The number of amides is 1. The number of nitrogens with zero attached hydrogens (tertiary/aromatic N) is 3. The van der Waals surface area contributed by atoms with Gasteiger partial charge in [0.25, 0.3) is 11.5 Å². The van der Waals surface area contributed by atoms with Crippen LogP contribution in [0.25, 0.3) is 5.65 Å². The third-order valence-corrected chi connectivity index (χ3v) is 5.15. The van der Waals surface area contributed by atoms with Crippen molar-refractivity contribution in [2.75, 3.05) is 6.54 Å². The van der Waals surface area contributed by atoms with E-state index in [0.29, 0.717) is 30.7 Å². The lowest BCUT2D eigenvalue weighted by Gasteiger charge is -2.27. The van der Waals surface area contributed by atoms with Crippen molar-refractivity contribution in [1.29, 1.82) is 0 Å². The van der Waals surface area contributed by atoms with Crippen LogP contribution in [0.15, 0.2) is 40.6 Å². The highest BCUT2D eigenvalue weighted by Crippen LogP contribution is 2.21. The van der Waals surface area contributed by atoms with Gasteiger partial charge in [-0.2, -0.15) is 0 Å². The molecule has 0 atom stereocenters. The van der Waals surface area contributed by atoms with Crippen LogP contribution >= 0.6 is 11.3 Å². The van der Waals surface area contributed by atoms with Gasteiger partial charge in [-0.15, -0.1) is 11.3 Å². The average Bonchev–Trinajstić information content (AvgIpc) is 3.01. The first-order chi connectivity index (χ1) is 11.1. The van der Waals surface area contributed by atoms with Crippen molar-refractivity contribution in [1.82, 2.24) is 14.3 Å². The predicted molar refractivity (Wildman–Crippen MR) is 89.0 cm³/mol. The smallest absolute Gasteiger partial charge is 0.264 e. The summed E-state index contributed by atoms with van der Waals surface area (Å²) in [4.78, 5) is 32.3. The summed E-state index contributed by atoms with van der Waals surface area (Å²) in [6.45, 7) is 2.90. The number of aromatic nitrogens is 2. The van der Waals surface area contributed by atoms with Gasteiger partial charge in [0.1, 0.15) is 5.65 Å². The van der Waals surface area contributed by atoms with E-state index in [1.54, 1.807) is 15.5 Å². The number of carbonyl (C=O) groups is 1. The summed E-state index contributed by atoms with van der Waals surface area (Å²) in [5.74, 6) is -0.00805. The number of thiophene rings is 1. The second kappa shape index (κ2) is 5.31. The van der Waals surface area contributed by atoms with Crippen LogP contribution in [0.5, 0.6) is 0 Å². The Balaban J connectivity index is 1.73. The molecule has 0 unspecified atom stereocenters. The molecule has 23 heavy (non-hydrogen) atoms. The fraction of sp³-hybridized carbons (Fsp3) is 0.235. The van der Waals surface area contributed by atoms with Crippen LogP contribution in [0.4, 0.5) is 0 Å². The molecule has 3 aromatic rings. The largest absolute Gasteiger partial charge is 0.333 e. The molecule has 0 aliphatic carbocycles. The molecule has 0 fully saturated rings. The van der Waals surface area contributed by atoms with Crippen LogP contribution in [0.3, 0.4) is 0 Å². The highest BCUT2D eigenvalue weighted by Gasteiger charge is 2.26. The lowest BCUT2D eigenvalue weighted by Crippen LogP contribution is -2.39. The van der Waals surface area contributed by atoms with Crippen molar-refractivity contribution in [3.63, 3.8) is 0 Å². The number of aryl methyl sites for hydroxylation is 1. The Morgan fingerprint density at radius 2 is 2.22 bits per heavy atom. The Labute approximate surface area is 136 Å². The standard InChI is InChI=1S/C17H15N3O2S/c1-11-8-14(23-10-11)17(22)19-7-5-13-12(9-19)16(21)20-6-3-2-4-15(20)18-13/h2-4,6,8,10H,5,7,9H2,1H3. The second-order valence-electron chi connectivity index (χ2n) is 5.74. The van der Waals surface area contributed by atoms with E-state index in [9.17, 15) is 9.59 Å². The van der Waals surface area contributed by atoms with Gasteiger partial charge < -0.3 is 4.90 Å². The summed E-state index contributed by atoms with van der Waals surface area (Å²) in [7, 11) is 0. The zero-order chi connectivity index (χ0) is 16.0. The number of pyridine rings is 1. The first-order valence-corrected chi connectivity index (χ1v) is 8.35. The average molecular weight is 325 g/mol. The van der Waals surface area contributed by atoms with E-state index in [1.165, 1.54) is 11.3 Å². The molecule has 3 aromatic heterocycles. The van der Waals surface area contributed by atoms with Crippen LogP contribution in [-0.2, 0) is 13.0 Å². The van der Waals surface area contributed by atoms with Crippen molar-refractivity contribution in [3.8, 4) is 0 Å². The molecular formula is C17H15N3O2S. The molecule has 0 aromatic carbocycles. The Bertz CT molecular complexity index is 973. The van der Waals surface area contributed by atoms with Gasteiger partial charge in [0.2, 0.25) is 0 Å². The summed E-state index contributed by atoms with van der Waals surface area (Å²) in [5.41, 5.74) is 3.10. The lowest BCUT2D eigenvalue weighted by atomic mass is 10.1. The van der Waals surface area contributed by atoms with Crippen molar-refractivity contribution in [3.05, 3.63) is 67.9 Å². The van der Waals surface area contributed by atoms with E-state index in [0.717, 1.165) is 16.1 Å². The minimum Gasteiger partial charge on any atom is -0.333 e. The molecule has 1 aliphatic heterocycles. The number of hydrogen-bond acceptors (Lipinski definition) is 4. The van der Waals surface area contributed by atoms with Crippen LogP contribution in [-0.4, -0.2) is 26.7 Å². The van der Waals surface area contributed by atoms with Crippen molar-refractivity contribution in [2.24, 2.45) is 0 Å². The monoisotopic (exact) mass is 325 g/mol. The molecule has 4 rings (SSSR count). The molecule has 5 nitrogen and oxygen atoms in total. The van der Waals surface area contributed by atoms with Gasteiger partial charge in [0.05, 0.1) is 22.7 Å². The van der Waals surface area contributed by atoms with Gasteiger partial charge in [-0.1, -0.05) is 6.07 Å². The molecule has 0 spiro atoms. The summed E-state index contributed by atoms with van der Waals surface area (Å²) in [5, 5.41) is 1.97. The van der Waals surface area contributed by atoms with E-state index in [2.05, 4.69) is 4.98 Å². The zero-order valence-corrected chi connectivity index (χ0v) is 13.5. The van der Waals surface area contributed by atoms with Crippen LogP contribution in [0, 0.1) is 6.92 Å². The van der Waals surface area contributed by atoms with Gasteiger partial charge in [-0.3, -0.25) is 14.0 Å². The molecule has 0 radical (unpaired) electrons. The van der Waals surface area contributed by atoms with Crippen molar-refractivity contribution < 1.29 is 4.79 Å². The fourth-order valence-electron chi connectivity index (χ4n) is 2.92. The molecule has 0 bridgehead atoms. The first-order valence-electron chi connectivity index (χ1n) is 7.47. The Morgan fingerprint density at radius 3 is 3.00 bits per heavy atom. The van der Waals surface area contributed by atoms with Gasteiger partial charge in [0, 0.05) is 19.2 Å². The molecule has 0 saturated heterocycles. The molecule has 4 heterocycles. The highest BCUT2D eigenvalue weighted by molar-refractivity contribution is 7.12. The van der Waals surface area contributed by atoms with Crippen molar-refractivity contribution in [2.45, 2.75) is 19.9 Å². The second-order valence-corrected chi connectivity index (χ2v) is 6.65. The number of rotatable bonds is 1. The van der Waals surface area contributed by atoms with Gasteiger partial charge in [0.15, 0.2) is 0 Å². The number of fused-ring (bicyclic) bond motifs is 2. The van der Waals surface area contributed by atoms with E-state index in [1.807, 2.05) is 36.6 Å². The molecule has 1 aliphatic rings. The maximum absolute atomic E-state index is 12.7. The third kappa shape index (κ3) is 2.35. The maximum atomic E-state index is 12.7. The number of hydrogen-bond donors (Lipinski definition) is 0. The SMILES string of the molecule is Cc1csc(C(=O)N2CCc3nc4ccccn4c(=O)c3C2)c1. The van der Waals surface area contributed by atoms with E-state index in [-0.39, 0.29) is 11.5 Å². The minimum absolute atomic E-state index is 0.00805. The maximum Gasteiger partial charge on any atom is 0.264 e. The van der Waals surface area contributed by atoms with E-state index < -0.39 is 0 Å². The molecule has 116 valence electrons.